The minimum absolute atomic E-state index is 0.0450. The van der Waals surface area contributed by atoms with Gasteiger partial charge in [-0.15, -0.1) is 0 Å². The van der Waals surface area contributed by atoms with Gasteiger partial charge in [-0.05, 0) is 66.9 Å². The second kappa shape index (κ2) is 11.5. The monoisotopic (exact) mass is 561 g/mol. The fraction of sp³-hybridized carbons (Fsp3) is 0.481. The summed E-state index contributed by atoms with van der Waals surface area (Å²) in [6, 6.07) is 5.41. The van der Waals surface area contributed by atoms with Crippen molar-refractivity contribution >= 4 is 11.8 Å². The van der Waals surface area contributed by atoms with E-state index in [2.05, 4.69) is 0 Å². The summed E-state index contributed by atoms with van der Waals surface area (Å²) in [6.45, 7) is 1.99. The molecule has 1 saturated heterocycles. The Bertz CT molecular complexity index is 1180. The summed E-state index contributed by atoms with van der Waals surface area (Å²) < 4.78 is 93.6. The average molecular weight is 562 g/mol. The number of alkyl halides is 6. The van der Waals surface area contributed by atoms with Crippen molar-refractivity contribution in [3.63, 3.8) is 0 Å². The molecule has 2 aromatic rings. The molecule has 2 aromatic carbocycles. The van der Waals surface area contributed by atoms with E-state index in [1.54, 1.807) is 27.1 Å². The van der Waals surface area contributed by atoms with Crippen LogP contribution in [0.2, 0.25) is 0 Å². The van der Waals surface area contributed by atoms with Crippen LogP contribution in [-0.2, 0) is 28.5 Å². The lowest BCUT2D eigenvalue weighted by Gasteiger charge is -2.40. The Morgan fingerprint density at radius 1 is 0.949 bits per heavy atom. The molecule has 1 aliphatic rings. The zero-order valence-electron chi connectivity index (χ0n) is 22.0. The second-order valence-corrected chi connectivity index (χ2v) is 10.1. The molecule has 0 aliphatic carbocycles. The SMILES string of the molecule is Cc1cc(F)ccc1C1CN(CC(=O)N(C)C)CCC1C(=O)N(C)Cc1cc(C(F)(F)F)cc(C(F)(F)F)c1. The van der Waals surface area contributed by atoms with Gasteiger partial charge in [0, 0.05) is 46.1 Å². The van der Waals surface area contributed by atoms with Crippen molar-refractivity contribution in [1.82, 2.24) is 14.7 Å². The molecule has 0 saturated carbocycles. The Morgan fingerprint density at radius 3 is 2.05 bits per heavy atom. The standard InChI is InChI=1S/C27H30F7N3O2/c1-16-9-20(28)5-6-21(16)23-14-37(15-24(38)35(2)3)8-7-22(23)25(39)36(4)13-17-10-18(26(29,30)31)12-19(11-17)27(32,33)34/h5-6,9-12,22-23H,7-8,13-15H2,1-4H3. The lowest BCUT2D eigenvalue weighted by Crippen LogP contribution is -2.48. The van der Waals surface area contributed by atoms with Crippen molar-refractivity contribution < 1.29 is 40.3 Å². The Morgan fingerprint density at radius 2 is 1.54 bits per heavy atom. The number of nitrogens with zero attached hydrogens (tertiary/aromatic N) is 3. The molecular weight excluding hydrogens is 531 g/mol. The van der Waals surface area contributed by atoms with E-state index < -0.39 is 53.6 Å². The molecule has 2 atom stereocenters. The van der Waals surface area contributed by atoms with Crippen LogP contribution in [0.25, 0.3) is 0 Å². The molecule has 214 valence electrons. The minimum atomic E-state index is -5.00. The maximum atomic E-state index is 13.8. The van der Waals surface area contributed by atoms with Crippen LogP contribution in [0.15, 0.2) is 36.4 Å². The molecule has 39 heavy (non-hydrogen) atoms. The summed E-state index contributed by atoms with van der Waals surface area (Å²) in [4.78, 5) is 30.3. The van der Waals surface area contributed by atoms with Crippen LogP contribution in [-0.4, -0.2) is 67.3 Å². The summed E-state index contributed by atoms with van der Waals surface area (Å²) in [6.07, 6.45) is -9.71. The normalized spacial score (nSPS) is 18.6. The Balaban J connectivity index is 1.90. The number of likely N-dealkylation sites (tertiary alicyclic amines) is 1. The number of benzene rings is 2. The minimum Gasteiger partial charge on any atom is -0.348 e. The summed E-state index contributed by atoms with van der Waals surface area (Å²) >= 11 is 0. The van der Waals surface area contributed by atoms with E-state index in [0.29, 0.717) is 36.2 Å². The van der Waals surface area contributed by atoms with Crippen LogP contribution in [0.4, 0.5) is 30.7 Å². The molecule has 3 rings (SSSR count). The highest BCUT2D eigenvalue weighted by Crippen LogP contribution is 2.38. The van der Waals surface area contributed by atoms with Crippen LogP contribution in [0, 0.1) is 18.7 Å². The highest BCUT2D eigenvalue weighted by atomic mass is 19.4. The summed E-state index contributed by atoms with van der Waals surface area (Å²) in [5, 5.41) is 0. The van der Waals surface area contributed by atoms with Gasteiger partial charge in [0.2, 0.25) is 11.8 Å². The molecule has 12 heteroatoms. The highest BCUT2D eigenvalue weighted by molar-refractivity contribution is 5.80. The lowest BCUT2D eigenvalue weighted by atomic mass is 9.78. The van der Waals surface area contributed by atoms with Gasteiger partial charge in [-0.25, -0.2) is 4.39 Å². The van der Waals surface area contributed by atoms with E-state index in [1.807, 2.05) is 4.90 Å². The van der Waals surface area contributed by atoms with E-state index in [4.69, 9.17) is 0 Å². The highest BCUT2D eigenvalue weighted by Gasteiger charge is 2.39. The zero-order valence-corrected chi connectivity index (χ0v) is 22.0. The van der Waals surface area contributed by atoms with Crippen molar-refractivity contribution in [3.05, 3.63) is 70.0 Å². The quantitative estimate of drug-likeness (QED) is 0.449. The first-order valence-electron chi connectivity index (χ1n) is 12.2. The second-order valence-electron chi connectivity index (χ2n) is 10.1. The summed E-state index contributed by atoms with van der Waals surface area (Å²) in [5.41, 5.74) is -1.94. The third-order valence-electron chi connectivity index (χ3n) is 6.95. The van der Waals surface area contributed by atoms with Crippen molar-refractivity contribution in [2.24, 2.45) is 5.92 Å². The molecule has 0 radical (unpaired) electrons. The van der Waals surface area contributed by atoms with Crippen LogP contribution in [0.3, 0.4) is 0 Å². The number of hydrogen-bond donors (Lipinski definition) is 0. The summed E-state index contributed by atoms with van der Waals surface area (Å²) in [7, 11) is 4.56. The molecule has 0 N–H and O–H groups in total. The van der Waals surface area contributed by atoms with Gasteiger partial charge in [0.05, 0.1) is 17.7 Å². The largest absolute Gasteiger partial charge is 0.416 e. The summed E-state index contributed by atoms with van der Waals surface area (Å²) in [5.74, 6) is -2.23. The third kappa shape index (κ3) is 7.49. The van der Waals surface area contributed by atoms with Crippen molar-refractivity contribution in [2.75, 3.05) is 40.8 Å². The molecule has 5 nitrogen and oxygen atoms in total. The Kier molecular flexibility index (Phi) is 8.99. The van der Waals surface area contributed by atoms with E-state index >= 15 is 0 Å². The fourth-order valence-corrected chi connectivity index (χ4v) is 4.91. The number of aryl methyl sites for hydroxylation is 1. The number of likely N-dealkylation sites (N-methyl/N-ethyl adjacent to an activating group) is 1. The van der Waals surface area contributed by atoms with Crippen LogP contribution in [0.1, 0.15) is 40.2 Å². The van der Waals surface area contributed by atoms with Gasteiger partial charge in [0.1, 0.15) is 5.82 Å². The van der Waals surface area contributed by atoms with Gasteiger partial charge in [0.15, 0.2) is 0 Å². The van der Waals surface area contributed by atoms with Gasteiger partial charge >= 0.3 is 12.4 Å². The third-order valence-corrected chi connectivity index (χ3v) is 6.95. The Hall–Kier alpha value is -3.15. The van der Waals surface area contributed by atoms with E-state index in [1.165, 1.54) is 24.1 Å². The van der Waals surface area contributed by atoms with Crippen molar-refractivity contribution in [2.45, 2.75) is 38.2 Å². The van der Waals surface area contributed by atoms with Crippen LogP contribution < -0.4 is 0 Å². The van der Waals surface area contributed by atoms with Crippen LogP contribution >= 0.6 is 0 Å². The Labute approximate surface area is 222 Å². The van der Waals surface area contributed by atoms with Crippen molar-refractivity contribution in [3.8, 4) is 0 Å². The smallest absolute Gasteiger partial charge is 0.348 e. The molecule has 0 aromatic heterocycles. The molecule has 1 heterocycles. The first-order chi connectivity index (χ1) is 18.0. The van der Waals surface area contributed by atoms with Gasteiger partial charge in [-0.1, -0.05) is 6.07 Å². The molecule has 2 unspecified atom stereocenters. The van der Waals surface area contributed by atoms with Crippen molar-refractivity contribution in [1.29, 1.82) is 0 Å². The van der Waals surface area contributed by atoms with Gasteiger partial charge in [-0.2, -0.15) is 26.3 Å². The predicted octanol–water partition coefficient (Wildman–Crippen LogP) is 5.32. The van der Waals surface area contributed by atoms with E-state index in [-0.39, 0.29) is 30.6 Å². The molecule has 1 fully saturated rings. The van der Waals surface area contributed by atoms with Gasteiger partial charge in [-0.3, -0.25) is 14.5 Å². The first-order valence-corrected chi connectivity index (χ1v) is 12.2. The molecular formula is C27H30F7N3O2. The molecule has 0 bridgehead atoms. The molecule has 0 spiro atoms. The zero-order chi connectivity index (χ0) is 29.3. The number of carbonyl (C=O) groups is 2. The number of rotatable bonds is 6. The van der Waals surface area contributed by atoms with Gasteiger partial charge in [0.25, 0.3) is 0 Å². The average Bonchev–Trinajstić information content (AvgIpc) is 2.82. The van der Waals surface area contributed by atoms with Gasteiger partial charge < -0.3 is 9.80 Å². The number of amides is 2. The van der Waals surface area contributed by atoms with Crippen LogP contribution in [0.5, 0.6) is 0 Å². The van der Waals surface area contributed by atoms with E-state index in [9.17, 15) is 40.3 Å². The predicted molar refractivity (Wildman–Crippen MR) is 130 cm³/mol. The number of piperidine rings is 1. The topological polar surface area (TPSA) is 43.9 Å². The fourth-order valence-electron chi connectivity index (χ4n) is 4.91. The number of carbonyl (C=O) groups excluding carboxylic acids is 2. The van der Waals surface area contributed by atoms with E-state index in [0.717, 1.165) is 4.90 Å². The number of hydrogen-bond acceptors (Lipinski definition) is 3. The lowest BCUT2D eigenvalue weighted by molar-refractivity contribution is -0.143. The maximum Gasteiger partial charge on any atom is 0.416 e. The molecule has 2 amide bonds. The first kappa shape index (κ1) is 30.4. The number of halogens is 7. The maximum absolute atomic E-state index is 13.8. The molecule has 1 aliphatic heterocycles.